The van der Waals surface area contributed by atoms with Gasteiger partial charge in [-0.1, -0.05) is 64.1 Å². The Hall–Kier alpha value is -3.03. The van der Waals surface area contributed by atoms with Gasteiger partial charge in [-0.25, -0.2) is 4.90 Å². The Balaban J connectivity index is 1.70. The van der Waals surface area contributed by atoms with Crippen molar-refractivity contribution in [2.75, 3.05) is 11.4 Å². The van der Waals surface area contributed by atoms with Crippen molar-refractivity contribution in [2.45, 2.75) is 51.7 Å². The highest BCUT2D eigenvalue weighted by atomic mass is 16.7. The highest BCUT2D eigenvalue weighted by Crippen LogP contribution is 2.45. The first-order chi connectivity index (χ1) is 15.1. The number of hydrogen-bond donors (Lipinski definition) is 1. The van der Waals surface area contributed by atoms with Gasteiger partial charge in [0.05, 0.1) is 17.6 Å². The van der Waals surface area contributed by atoms with E-state index >= 15 is 0 Å². The minimum Gasteiger partial charge on any atom is -0.368 e. The molecule has 2 aliphatic rings. The summed E-state index contributed by atoms with van der Waals surface area (Å²) in [4.78, 5) is 45.4. The van der Waals surface area contributed by atoms with Crippen LogP contribution in [0.5, 0.6) is 0 Å². The molecule has 0 bridgehead atoms. The molecule has 4 rings (SSSR count). The fourth-order valence-electron chi connectivity index (χ4n) is 4.45. The van der Waals surface area contributed by atoms with E-state index in [9.17, 15) is 14.4 Å². The third kappa shape index (κ3) is 3.82. The summed E-state index contributed by atoms with van der Waals surface area (Å²) in [5, 5.41) is 1.39. The SMILES string of the molecule is CCc1ccc(N2C(=O)C3ON(CC(N)=O)C(c4ccc(C(C)(C)C)cc4)C3C2=O)cc1. The number of fused-ring (bicyclic) bond motifs is 1. The first-order valence-electron chi connectivity index (χ1n) is 10.9. The number of rotatable bonds is 5. The van der Waals surface area contributed by atoms with Gasteiger partial charge in [-0.05, 0) is 40.7 Å². The van der Waals surface area contributed by atoms with E-state index in [2.05, 4.69) is 20.8 Å². The lowest BCUT2D eigenvalue weighted by Crippen LogP contribution is -2.40. The zero-order chi connectivity index (χ0) is 23.2. The second-order valence-corrected chi connectivity index (χ2v) is 9.44. The van der Waals surface area contributed by atoms with Crippen LogP contribution in [0.3, 0.4) is 0 Å². The first kappa shape index (κ1) is 22.2. The van der Waals surface area contributed by atoms with Gasteiger partial charge in [0, 0.05) is 0 Å². The van der Waals surface area contributed by atoms with Crippen molar-refractivity contribution in [3.63, 3.8) is 0 Å². The van der Waals surface area contributed by atoms with E-state index in [-0.39, 0.29) is 17.9 Å². The summed E-state index contributed by atoms with van der Waals surface area (Å²) in [7, 11) is 0. The van der Waals surface area contributed by atoms with Crippen LogP contribution in [0.15, 0.2) is 48.5 Å². The van der Waals surface area contributed by atoms with Gasteiger partial charge in [0.2, 0.25) is 11.8 Å². The van der Waals surface area contributed by atoms with Crippen LogP contribution in [-0.4, -0.2) is 35.4 Å². The van der Waals surface area contributed by atoms with Gasteiger partial charge in [0.15, 0.2) is 6.10 Å². The molecule has 7 nitrogen and oxygen atoms in total. The molecule has 0 aliphatic carbocycles. The lowest BCUT2D eigenvalue weighted by molar-refractivity contribution is -0.175. The molecule has 7 heteroatoms. The number of imide groups is 1. The zero-order valence-corrected chi connectivity index (χ0v) is 18.9. The number of carbonyl (C=O) groups excluding carboxylic acids is 3. The monoisotopic (exact) mass is 435 g/mol. The van der Waals surface area contributed by atoms with Crippen molar-refractivity contribution >= 4 is 23.4 Å². The van der Waals surface area contributed by atoms with Crippen LogP contribution in [0.25, 0.3) is 0 Å². The van der Waals surface area contributed by atoms with E-state index in [1.54, 1.807) is 12.1 Å². The van der Waals surface area contributed by atoms with E-state index in [0.717, 1.165) is 23.1 Å². The van der Waals surface area contributed by atoms with Gasteiger partial charge in [-0.15, -0.1) is 0 Å². The molecule has 2 aromatic rings. The maximum absolute atomic E-state index is 13.5. The molecule has 2 fully saturated rings. The molecule has 2 heterocycles. The predicted molar refractivity (Wildman–Crippen MR) is 120 cm³/mol. The number of anilines is 1. The van der Waals surface area contributed by atoms with Crippen molar-refractivity contribution in [1.82, 2.24) is 5.06 Å². The average Bonchev–Trinajstić information content (AvgIpc) is 3.22. The smallest absolute Gasteiger partial charge is 0.265 e. The molecule has 0 spiro atoms. The maximum atomic E-state index is 13.5. The molecule has 0 radical (unpaired) electrons. The lowest BCUT2D eigenvalue weighted by Gasteiger charge is -2.27. The lowest BCUT2D eigenvalue weighted by atomic mass is 9.84. The number of aryl methyl sites for hydroxylation is 1. The van der Waals surface area contributed by atoms with E-state index in [1.165, 1.54) is 9.96 Å². The number of nitrogens with zero attached hydrogens (tertiary/aromatic N) is 2. The standard InChI is InChI=1S/C25H29N3O4/c1-5-15-6-12-18(13-7-15)28-23(30)20-21(16-8-10-17(11-9-16)25(2,3)4)27(14-19(26)29)32-22(20)24(28)31/h6-13,20-22H,5,14H2,1-4H3,(H2,26,29). The highest BCUT2D eigenvalue weighted by Gasteiger charge is 2.60. The van der Waals surface area contributed by atoms with Gasteiger partial charge >= 0.3 is 0 Å². The minimum absolute atomic E-state index is 0.0270. The summed E-state index contributed by atoms with van der Waals surface area (Å²) in [6.07, 6.45) is -0.120. The summed E-state index contributed by atoms with van der Waals surface area (Å²) in [6, 6.07) is 14.7. The molecule has 3 atom stereocenters. The van der Waals surface area contributed by atoms with Crippen LogP contribution in [0.1, 0.15) is 50.4 Å². The number of benzene rings is 2. The summed E-state index contributed by atoms with van der Waals surface area (Å²) in [5.74, 6) is -2.10. The number of hydrogen-bond acceptors (Lipinski definition) is 5. The molecule has 0 saturated carbocycles. The van der Waals surface area contributed by atoms with Crippen LogP contribution in [0, 0.1) is 5.92 Å². The topological polar surface area (TPSA) is 92.9 Å². The van der Waals surface area contributed by atoms with Crippen LogP contribution in [0.2, 0.25) is 0 Å². The zero-order valence-electron chi connectivity index (χ0n) is 18.9. The Kier molecular flexibility index (Phi) is 5.65. The number of hydroxylamine groups is 2. The van der Waals surface area contributed by atoms with Crippen molar-refractivity contribution < 1.29 is 19.2 Å². The summed E-state index contributed by atoms with van der Waals surface area (Å²) >= 11 is 0. The first-order valence-corrected chi connectivity index (χ1v) is 10.9. The summed E-state index contributed by atoms with van der Waals surface area (Å²) < 4.78 is 0. The number of nitrogens with two attached hydrogens (primary N) is 1. The van der Waals surface area contributed by atoms with Crippen molar-refractivity contribution in [2.24, 2.45) is 11.7 Å². The molecule has 0 aromatic heterocycles. The second-order valence-electron chi connectivity index (χ2n) is 9.44. The van der Waals surface area contributed by atoms with Gasteiger partial charge in [0.1, 0.15) is 6.54 Å². The summed E-state index contributed by atoms with van der Waals surface area (Å²) in [5.41, 5.74) is 8.98. The molecule has 2 saturated heterocycles. The van der Waals surface area contributed by atoms with E-state index in [4.69, 9.17) is 10.6 Å². The maximum Gasteiger partial charge on any atom is 0.265 e. The molecular formula is C25H29N3O4. The molecule has 32 heavy (non-hydrogen) atoms. The fraction of sp³-hybridized carbons (Fsp3) is 0.400. The fourth-order valence-corrected chi connectivity index (χ4v) is 4.45. The molecule has 2 aliphatic heterocycles. The van der Waals surface area contributed by atoms with Crippen molar-refractivity contribution in [3.8, 4) is 0 Å². The number of primary amides is 1. The molecule has 3 amide bonds. The third-order valence-corrected chi connectivity index (χ3v) is 6.23. The van der Waals surface area contributed by atoms with E-state index < -0.39 is 29.9 Å². The van der Waals surface area contributed by atoms with Crippen molar-refractivity contribution in [1.29, 1.82) is 0 Å². The number of carbonyl (C=O) groups is 3. The Morgan fingerprint density at radius 2 is 1.62 bits per heavy atom. The van der Waals surface area contributed by atoms with Crippen LogP contribution >= 0.6 is 0 Å². The van der Waals surface area contributed by atoms with Crippen molar-refractivity contribution in [3.05, 3.63) is 65.2 Å². The Bertz CT molecular complexity index is 1040. The third-order valence-electron chi connectivity index (χ3n) is 6.23. The second kappa shape index (κ2) is 8.15. The average molecular weight is 436 g/mol. The van der Waals surface area contributed by atoms with Crippen LogP contribution < -0.4 is 10.6 Å². The molecule has 3 unspecified atom stereocenters. The Morgan fingerprint density at radius 1 is 1.00 bits per heavy atom. The number of amides is 3. The molecule has 2 aromatic carbocycles. The molecule has 2 N–H and O–H groups in total. The Labute approximate surface area is 188 Å². The molecule has 168 valence electrons. The van der Waals surface area contributed by atoms with Gasteiger partial charge in [-0.3, -0.25) is 19.2 Å². The normalized spacial score (nSPS) is 23.6. The largest absolute Gasteiger partial charge is 0.368 e. The van der Waals surface area contributed by atoms with Gasteiger partial charge < -0.3 is 5.73 Å². The van der Waals surface area contributed by atoms with Gasteiger partial charge in [0.25, 0.3) is 5.91 Å². The van der Waals surface area contributed by atoms with Gasteiger partial charge in [-0.2, -0.15) is 5.06 Å². The predicted octanol–water partition coefficient (Wildman–Crippen LogP) is 2.88. The minimum atomic E-state index is -0.986. The van der Waals surface area contributed by atoms with Crippen LogP contribution in [-0.2, 0) is 31.1 Å². The quantitative estimate of drug-likeness (QED) is 0.729. The Morgan fingerprint density at radius 3 is 2.16 bits per heavy atom. The molecular weight excluding hydrogens is 406 g/mol. The van der Waals surface area contributed by atoms with E-state index in [0.29, 0.717) is 5.69 Å². The highest BCUT2D eigenvalue weighted by molar-refractivity contribution is 6.23. The summed E-state index contributed by atoms with van der Waals surface area (Å²) in [6.45, 7) is 8.21. The van der Waals surface area contributed by atoms with E-state index in [1.807, 2.05) is 43.3 Å². The van der Waals surface area contributed by atoms with Crippen LogP contribution in [0.4, 0.5) is 5.69 Å².